The summed E-state index contributed by atoms with van der Waals surface area (Å²) in [6.45, 7) is 1.16. The lowest BCUT2D eigenvalue weighted by Crippen LogP contribution is -2.48. The molecule has 1 aromatic heterocycles. The number of methoxy groups -OCH3 is 2. The van der Waals surface area contributed by atoms with E-state index < -0.39 is 0 Å². The second-order valence-electron chi connectivity index (χ2n) is 6.25. The van der Waals surface area contributed by atoms with Gasteiger partial charge in [-0.3, -0.25) is 0 Å². The van der Waals surface area contributed by atoms with E-state index in [9.17, 15) is 0 Å². The Kier molecular flexibility index (Phi) is 4.58. The molecular formula is C20H22N3O3+. The van der Waals surface area contributed by atoms with Gasteiger partial charge in [0.1, 0.15) is 12.6 Å². The Morgan fingerprint density at radius 2 is 1.81 bits per heavy atom. The molecule has 6 nitrogen and oxygen atoms in total. The maximum Gasteiger partial charge on any atom is 0.304 e. The summed E-state index contributed by atoms with van der Waals surface area (Å²) in [7, 11) is 3.30. The van der Waals surface area contributed by atoms with Crippen molar-refractivity contribution in [2.75, 3.05) is 20.8 Å². The molecule has 0 unspecified atom stereocenters. The van der Waals surface area contributed by atoms with Crippen LogP contribution in [-0.2, 0) is 17.8 Å². The predicted molar refractivity (Wildman–Crippen MR) is 95.7 cm³/mol. The van der Waals surface area contributed by atoms with E-state index in [1.54, 1.807) is 14.2 Å². The average molecular weight is 352 g/mol. The number of hydrogen-bond donors (Lipinski definition) is 0. The third-order valence-electron chi connectivity index (χ3n) is 4.63. The third kappa shape index (κ3) is 3.04. The molecule has 2 heterocycles. The molecule has 1 aliphatic rings. The molecule has 134 valence electrons. The number of rotatable bonds is 5. The van der Waals surface area contributed by atoms with Crippen LogP contribution in [0.2, 0.25) is 0 Å². The maximum atomic E-state index is 5.78. The van der Waals surface area contributed by atoms with Crippen LogP contribution in [0.1, 0.15) is 17.4 Å². The molecule has 1 atom stereocenters. The molecule has 0 spiro atoms. The van der Waals surface area contributed by atoms with E-state index in [0.717, 1.165) is 17.9 Å². The Balaban J connectivity index is 1.72. The minimum Gasteiger partial charge on any atom is -0.493 e. The first-order chi connectivity index (χ1) is 12.8. The molecule has 0 amide bonds. The minimum absolute atomic E-state index is 0.204. The first-order valence-corrected chi connectivity index (χ1v) is 8.63. The van der Waals surface area contributed by atoms with Gasteiger partial charge in [0.25, 0.3) is 0 Å². The van der Waals surface area contributed by atoms with Crippen LogP contribution in [0.5, 0.6) is 11.5 Å². The average Bonchev–Trinajstić information content (AvgIpc) is 3.13. The summed E-state index contributed by atoms with van der Waals surface area (Å²) < 4.78 is 20.8. The summed E-state index contributed by atoms with van der Waals surface area (Å²) in [6.07, 6.45) is 2.90. The van der Waals surface area contributed by atoms with Crippen molar-refractivity contribution in [3.05, 3.63) is 66.2 Å². The van der Waals surface area contributed by atoms with Gasteiger partial charge >= 0.3 is 5.82 Å². The lowest BCUT2D eigenvalue weighted by molar-refractivity contribution is -0.742. The number of aromatic nitrogens is 3. The Labute approximate surface area is 152 Å². The summed E-state index contributed by atoms with van der Waals surface area (Å²) in [5.74, 6) is 2.32. The largest absolute Gasteiger partial charge is 0.493 e. The van der Waals surface area contributed by atoms with Gasteiger partial charge < -0.3 is 14.2 Å². The van der Waals surface area contributed by atoms with Crippen molar-refractivity contribution in [2.24, 2.45) is 0 Å². The molecule has 0 saturated carbocycles. The Hall–Kier alpha value is -2.86. The zero-order chi connectivity index (χ0) is 17.9. The van der Waals surface area contributed by atoms with Gasteiger partial charge in [0.05, 0.1) is 20.8 Å². The number of nitrogens with zero attached hydrogens (tertiary/aromatic N) is 3. The molecule has 0 bridgehead atoms. The van der Waals surface area contributed by atoms with E-state index in [1.807, 2.05) is 35.3 Å². The van der Waals surface area contributed by atoms with E-state index in [0.29, 0.717) is 24.7 Å². The smallest absolute Gasteiger partial charge is 0.304 e. The summed E-state index contributed by atoms with van der Waals surface area (Å²) in [4.78, 5) is 0. The normalized spacial score (nSPS) is 16.2. The molecule has 0 fully saturated rings. The molecule has 3 aromatic rings. The van der Waals surface area contributed by atoms with Gasteiger partial charge in [0.2, 0.25) is 12.0 Å². The first kappa shape index (κ1) is 16.6. The van der Waals surface area contributed by atoms with E-state index in [-0.39, 0.29) is 6.04 Å². The third-order valence-corrected chi connectivity index (χ3v) is 4.63. The second-order valence-corrected chi connectivity index (χ2v) is 6.25. The van der Waals surface area contributed by atoms with Gasteiger partial charge in [-0.25, -0.2) is 4.57 Å². The number of benzene rings is 2. The SMILES string of the molecule is COc1cccc(OC)c1-n1c[n+]2c(n1)COC[C@@H]2Cc1ccccc1. The fourth-order valence-corrected chi connectivity index (χ4v) is 3.37. The molecule has 1 aliphatic heterocycles. The fraction of sp³-hybridized carbons (Fsp3) is 0.300. The Morgan fingerprint density at radius 3 is 2.50 bits per heavy atom. The highest BCUT2D eigenvalue weighted by Gasteiger charge is 2.31. The van der Waals surface area contributed by atoms with Gasteiger partial charge in [0.15, 0.2) is 11.5 Å². The highest BCUT2D eigenvalue weighted by atomic mass is 16.5. The summed E-state index contributed by atoms with van der Waals surface area (Å²) in [5, 5.41) is 4.72. The van der Waals surface area contributed by atoms with E-state index in [4.69, 9.17) is 19.3 Å². The number of ether oxygens (including phenoxy) is 3. The maximum absolute atomic E-state index is 5.78. The molecule has 6 heteroatoms. The molecule has 26 heavy (non-hydrogen) atoms. The van der Waals surface area contributed by atoms with E-state index >= 15 is 0 Å². The van der Waals surface area contributed by atoms with Gasteiger partial charge in [-0.05, 0) is 17.7 Å². The zero-order valence-electron chi connectivity index (χ0n) is 15.0. The van der Waals surface area contributed by atoms with Gasteiger partial charge in [-0.2, -0.15) is 0 Å². The number of hydrogen-bond acceptors (Lipinski definition) is 4. The van der Waals surface area contributed by atoms with Crippen molar-refractivity contribution in [2.45, 2.75) is 19.1 Å². The van der Waals surface area contributed by atoms with Crippen molar-refractivity contribution in [1.82, 2.24) is 9.78 Å². The summed E-state index contributed by atoms with van der Waals surface area (Å²) in [5.41, 5.74) is 2.07. The monoisotopic (exact) mass is 352 g/mol. The van der Waals surface area contributed by atoms with Gasteiger partial charge in [-0.1, -0.05) is 41.1 Å². The van der Waals surface area contributed by atoms with Crippen LogP contribution in [0.25, 0.3) is 5.69 Å². The quantitative estimate of drug-likeness (QED) is 0.662. The van der Waals surface area contributed by atoms with Crippen LogP contribution in [0.3, 0.4) is 0 Å². The standard InChI is InChI=1S/C20H22N3O3/c1-24-17-9-6-10-18(25-2)20(17)23-14-22-16(12-26-13-19(22)21-23)11-15-7-4-3-5-8-15/h3-10,14,16H,11-13H2,1-2H3/q+1/t16-/m0/s1. The lowest BCUT2D eigenvalue weighted by atomic mass is 10.1. The van der Waals surface area contributed by atoms with E-state index in [2.05, 4.69) is 28.8 Å². The van der Waals surface area contributed by atoms with Gasteiger partial charge in [-0.15, -0.1) is 0 Å². The van der Waals surface area contributed by atoms with Crippen LogP contribution in [0.4, 0.5) is 0 Å². The van der Waals surface area contributed by atoms with Crippen molar-refractivity contribution in [3.8, 4) is 17.2 Å². The number of fused-ring (bicyclic) bond motifs is 1. The van der Waals surface area contributed by atoms with Crippen LogP contribution >= 0.6 is 0 Å². The zero-order valence-corrected chi connectivity index (χ0v) is 15.0. The highest BCUT2D eigenvalue weighted by molar-refractivity contribution is 5.56. The molecule has 0 saturated heterocycles. The Bertz CT molecular complexity index is 870. The summed E-state index contributed by atoms with van der Waals surface area (Å²) in [6, 6.07) is 16.4. The summed E-state index contributed by atoms with van der Waals surface area (Å²) >= 11 is 0. The predicted octanol–water partition coefficient (Wildman–Crippen LogP) is 2.49. The van der Waals surface area contributed by atoms with Crippen LogP contribution in [0, 0.1) is 0 Å². The van der Waals surface area contributed by atoms with Crippen molar-refractivity contribution >= 4 is 0 Å². The van der Waals surface area contributed by atoms with E-state index in [1.165, 1.54) is 5.56 Å². The van der Waals surface area contributed by atoms with Gasteiger partial charge in [0, 0.05) is 11.5 Å². The highest BCUT2D eigenvalue weighted by Crippen LogP contribution is 2.31. The first-order valence-electron chi connectivity index (χ1n) is 8.63. The van der Waals surface area contributed by atoms with Crippen molar-refractivity contribution < 1.29 is 18.8 Å². The molecule has 0 N–H and O–H groups in total. The molecular weight excluding hydrogens is 330 g/mol. The Morgan fingerprint density at radius 1 is 1.08 bits per heavy atom. The fourth-order valence-electron chi connectivity index (χ4n) is 3.37. The molecule has 2 aromatic carbocycles. The van der Waals surface area contributed by atoms with Crippen LogP contribution in [0.15, 0.2) is 54.9 Å². The minimum atomic E-state index is 0.204. The van der Waals surface area contributed by atoms with Crippen LogP contribution in [-0.4, -0.2) is 30.6 Å². The number of para-hydroxylation sites is 1. The second kappa shape index (κ2) is 7.17. The topological polar surface area (TPSA) is 49.4 Å². The molecule has 4 rings (SSSR count). The molecule has 0 aliphatic carbocycles. The lowest BCUT2D eigenvalue weighted by Gasteiger charge is -2.19. The molecule has 0 radical (unpaired) electrons. The van der Waals surface area contributed by atoms with Crippen molar-refractivity contribution in [3.63, 3.8) is 0 Å². The van der Waals surface area contributed by atoms with Crippen LogP contribution < -0.4 is 14.0 Å². The van der Waals surface area contributed by atoms with Crippen molar-refractivity contribution in [1.29, 1.82) is 0 Å².